The van der Waals surface area contributed by atoms with E-state index < -0.39 is 65.7 Å². The molecule has 0 saturated carbocycles. The predicted molar refractivity (Wildman–Crippen MR) is 218 cm³/mol. The number of anilines is 4. The molecule has 1 unspecified atom stereocenters. The quantitative estimate of drug-likeness (QED) is 0.0730. The molecule has 0 fully saturated rings. The van der Waals surface area contributed by atoms with E-state index in [0.717, 1.165) is 0 Å². The van der Waals surface area contributed by atoms with Crippen LogP contribution in [0.4, 0.5) is 22.7 Å². The second-order valence-corrected chi connectivity index (χ2v) is 13.4. The average Bonchev–Trinajstić information content (AvgIpc) is 3.60. The normalized spacial score (nSPS) is 11.1. The Morgan fingerprint density at radius 2 is 1.27 bits per heavy atom. The number of aromatic nitrogens is 1. The summed E-state index contributed by atoms with van der Waals surface area (Å²) in [6.45, 7) is 3.35. The number of phenols is 1. The van der Waals surface area contributed by atoms with Gasteiger partial charge in [-0.05, 0) is 105 Å². The van der Waals surface area contributed by atoms with Gasteiger partial charge in [-0.15, -0.1) is 0 Å². The summed E-state index contributed by atoms with van der Waals surface area (Å²) in [6.07, 6.45) is 0.482. The number of carbonyl (C=O) groups is 7. The van der Waals surface area contributed by atoms with Crippen LogP contribution in [0.3, 0.4) is 0 Å². The number of carbonyl (C=O) groups excluding carboxylic acids is 6. The van der Waals surface area contributed by atoms with E-state index in [1.807, 2.05) is 6.07 Å². The Balaban J connectivity index is 1.22. The van der Waals surface area contributed by atoms with Crippen molar-refractivity contribution < 1.29 is 48.5 Å². The summed E-state index contributed by atoms with van der Waals surface area (Å²) in [7, 11) is 1.62. The summed E-state index contributed by atoms with van der Waals surface area (Å²) in [4.78, 5) is 88.3. The molecule has 1 atom stereocenters. The van der Waals surface area contributed by atoms with E-state index in [1.54, 1.807) is 20.9 Å². The van der Waals surface area contributed by atoms with E-state index in [-0.39, 0.29) is 50.8 Å². The second kappa shape index (κ2) is 18.7. The number of nitrogens with two attached hydrogens (primary N) is 1. The van der Waals surface area contributed by atoms with Crippen LogP contribution < -0.4 is 37.1 Å². The highest BCUT2D eigenvalue weighted by atomic mass is 16.5. The molecule has 6 amide bonds. The summed E-state index contributed by atoms with van der Waals surface area (Å²) in [5, 5.41) is 42.2. The van der Waals surface area contributed by atoms with Crippen molar-refractivity contribution in [1.82, 2.24) is 9.88 Å². The maximum absolute atomic E-state index is 13.3. The van der Waals surface area contributed by atoms with Crippen molar-refractivity contribution in [1.29, 1.82) is 5.26 Å². The lowest BCUT2D eigenvalue weighted by atomic mass is 10.1. The fourth-order valence-corrected chi connectivity index (χ4v) is 5.63. The van der Waals surface area contributed by atoms with E-state index >= 15 is 0 Å². The summed E-state index contributed by atoms with van der Waals surface area (Å²) in [6, 6.07) is 21.3. The molecule has 1 heterocycles. The van der Waals surface area contributed by atoms with Crippen LogP contribution in [0.2, 0.25) is 0 Å². The number of aryl methyl sites for hydroxylation is 1. The standard InChI is InChI=1S/C42H38N8O10/c1-22(2)60-36-31(17-16-30(35(36)52)39(55)45-27-14-8-26(9-15-27)42(58)59)48-37(53)24-4-10-28(11-5-24)46-40(56)32(19-34(44)51)49-38(54)25-6-12-29(13-7-25)47-41(57)33-18-23(20-43)21-50(33)3/h4-18,21-22,32,52H,19H2,1-3H3,(H2,44,51)(H,45,55)(H,46,56)(H,47,57)(H,48,53)(H,49,54)(H,58,59). The number of rotatable bonds is 15. The number of nitrogens with zero attached hydrogens (tertiary/aromatic N) is 2. The van der Waals surface area contributed by atoms with Crippen molar-refractivity contribution in [3.63, 3.8) is 0 Å². The van der Waals surface area contributed by atoms with E-state index in [1.165, 1.54) is 102 Å². The van der Waals surface area contributed by atoms with Crippen LogP contribution in [-0.2, 0) is 16.6 Å². The lowest BCUT2D eigenvalue weighted by Gasteiger charge is -2.19. The minimum atomic E-state index is -1.39. The molecule has 0 saturated heterocycles. The van der Waals surface area contributed by atoms with Gasteiger partial charge in [-0.1, -0.05) is 0 Å². The van der Waals surface area contributed by atoms with E-state index in [9.17, 15) is 38.7 Å². The highest BCUT2D eigenvalue weighted by Gasteiger charge is 2.25. The summed E-state index contributed by atoms with van der Waals surface area (Å²) < 4.78 is 7.26. The third kappa shape index (κ3) is 10.7. The zero-order valence-electron chi connectivity index (χ0n) is 32.2. The molecule has 1 aromatic heterocycles. The molecule has 0 radical (unpaired) electrons. The number of hydrogen-bond acceptors (Lipinski definition) is 10. The molecular formula is C42H38N8O10. The van der Waals surface area contributed by atoms with Gasteiger partial charge >= 0.3 is 5.97 Å². The zero-order valence-corrected chi connectivity index (χ0v) is 32.2. The largest absolute Gasteiger partial charge is 0.504 e. The number of hydrogen-bond donors (Lipinski definition) is 8. The number of ether oxygens (including phenoxy) is 1. The number of carboxylic acids is 1. The monoisotopic (exact) mass is 814 g/mol. The Morgan fingerprint density at radius 3 is 1.78 bits per heavy atom. The number of aromatic carboxylic acids is 1. The van der Waals surface area contributed by atoms with Gasteiger partial charge in [-0.25, -0.2) is 4.79 Å². The molecule has 0 aliphatic heterocycles. The lowest BCUT2D eigenvalue weighted by molar-refractivity contribution is -0.123. The van der Waals surface area contributed by atoms with Gasteiger partial charge in [0.05, 0.1) is 34.9 Å². The number of primary amides is 1. The van der Waals surface area contributed by atoms with Gasteiger partial charge in [0, 0.05) is 41.4 Å². The Labute approximate surface area is 342 Å². The number of nitrogens with one attached hydrogen (secondary N) is 5. The number of carboxylic acid groups (broad SMARTS) is 1. The molecular weight excluding hydrogens is 777 g/mol. The van der Waals surface area contributed by atoms with Gasteiger partial charge in [0.1, 0.15) is 17.8 Å². The van der Waals surface area contributed by atoms with Crippen molar-refractivity contribution in [2.45, 2.75) is 32.4 Å². The van der Waals surface area contributed by atoms with Crippen LogP contribution in [0, 0.1) is 11.3 Å². The molecule has 18 nitrogen and oxygen atoms in total. The molecule has 9 N–H and O–H groups in total. The van der Waals surface area contributed by atoms with Crippen molar-refractivity contribution in [2.24, 2.45) is 12.8 Å². The van der Waals surface area contributed by atoms with Gasteiger partial charge < -0.3 is 51.8 Å². The van der Waals surface area contributed by atoms with Gasteiger partial charge in [0.25, 0.3) is 23.6 Å². The molecule has 0 bridgehead atoms. The Kier molecular flexibility index (Phi) is 13.3. The number of amides is 6. The number of aromatic hydroxyl groups is 1. The van der Waals surface area contributed by atoms with Crippen LogP contribution in [-0.4, -0.2) is 68.3 Å². The Hall–Kier alpha value is -8.46. The maximum atomic E-state index is 13.3. The third-order valence-electron chi connectivity index (χ3n) is 8.58. The lowest BCUT2D eigenvalue weighted by Crippen LogP contribution is -2.46. The summed E-state index contributed by atoms with van der Waals surface area (Å²) in [5.74, 6) is -6.08. The zero-order chi connectivity index (χ0) is 43.7. The first kappa shape index (κ1) is 42.7. The van der Waals surface area contributed by atoms with E-state index in [4.69, 9.17) is 20.8 Å². The molecule has 4 aromatic carbocycles. The van der Waals surface area contributed by atoms with Crippen LogP contribution in [0.25, 0.3) is 0 Å². The predicted octanol–water partition coefficient (Wildman–Crippen LogP) is 4.46. The SMILES string of the molecule is CC(C)Oc1c(NC(=O)c2ccc(NC(=O)C(CC(N)=O)NC(=O)c3ccc(NC(=O)c4cc(C#N)cn4C)cc3)cc2)ccc(C(=O)Nc2ccc(C(=O)O)cc2)c1O. The highest BCUT2D eigenvalue weighted by Crippen LogP contribution is 2.39. The summed E-state index contributed by atoms with van der Waals surface area (Å²) >= 11 is 0. The number of benzene rings is 4. The molecule has 18 heteroatoms. The first-order valence-electron chi connectivity index (χ1n) is 18.0. The van der Waals surface area contributed by atoms with Crippen LogP contribution in [0.15, 0.2) is 97.2 Å². The molecule has 0 aliphatic rings. The molecule has 5 aromatic rings. The highest BCUT2D eigenvalue weighted by molar-refractivity contribution is 6.10. The van der Waals surface area contributed by atoms with Gasteiger partial charge in [0.15, 0.2) is 11.5 Å². The first-order valence-corrected chi connectivity index (χ1v) is 18.0. The third-order valence-corrected chi connectivity index (χ3v) is 8.58. The average molecular weight is 815 g/mol. The van der Waals surface area contributed by atoms with Gasteiger partial charge in [-0.2, -0.15) is 5.26 Å². The smallest absolute Gasteiger partial charge is 0.335 e. The van der Waals surface area contributed by atoms with Gasteiger partial charge in [0.2, 0.25) is 11.8 Å². The number of nitriles is 1. The minimum Gasteiger partial charge on any atom is -0.504 e. The van der Waals surface area contributed by atoms with Crippen molar-refractivity contribution in [2.75, 3.05) is 21.3 Å². The van der Waals surface area contributed by atoms with Crippen molar-refractivity contribution >= 4 is 64.2 Å². The first-order chi connectivity index (χ1) is 28.5. The van der Waals surface area contributed by atoms with Crippen molar-refractivity contribution in [3.8, 4) is 17.6 Å². The molecule has 60 heavy (non-hydrogen) atoms. The molecule has 0 aliphatic carbocycles. The van der Waals surface area contributed by atoms with Crippen LogP contribution in [0.1, 0.15) is 77.8 Å². The Morgan fingerprint density at radius 1 is 0.733 bits per heavy atom. The maximum Gasteiger partial charge on any atom is 0.335 e. The van der Waals surface area contributed by atoms with Crippen LogP contribution >= 0.6 is 0 Å². The van der Waals surface area contributed by atoms with Gasteiger partial charge in [-0.3, -0.25) is 28.8 Å². The van der Waals surface area contributed by atoms with Crippen LogP contribution in [0.5, 0.6) is 11.5 Å². The fraction of sp³-hybridized carbons (Fsp3) is 0.143. The topological polar surface area (TPSA) is 284 Å². The Bertz CT molecular complexity index is 2520. The molecule has 306 valence electrons. The fourth-order valence-electron chi connectivity index (χ4n) is 5.63. The number of phenolic OH excluding ortho intramolecular Hbond substituents is 1. The molecule has 0 spiro atoms. The van der Waals surface area contributed by atoms with E-state index in [0.29, 0.717) is 11.3 Å². The van der Waals surface area contributed by atoms with E-state index in [2.05, 4.69) is 26.6 Å². The second-order valence-electron chi connectivity index (χ2n) is 13.4. The van der Waals surface area contributed by atoms with Crippen molar-refractivity contribution in [3.05, 3.63) is 131 Å². The molecule has 5 rings (SSSR count). The minimum absolute atomic E-state index is 0.0195. The summed E-state index contributed by atoms with van der Waals surface area (Å²) in [5.41, 5.74) is 6.86.